The molecule has 2 N–H and O–H groups in total. The van der Waals surface area contributed by atoms with Crippen molar-refractivity contribution < 1.29 is 13.2 Å². The Balaban J connectivity index is 1.25. The average Bonchev–Trinajstić information content (AvgIpc) is 3.18. The lowest BCUT2D eigenvalue weighted by Gasteiger charge is -2.28. The second-order valence-electron chi connectivity index (χ2n) is 8.73. The highest BCUT2D eigenvalue weighted by Gasteiger charge is 2.42. The van der Waals surface area contributed by atoms with E-state index < -0.39 is 10.0 Å². The molecular weight excluding hydrogens is 360 g/mol. The van der Waals surface area contributed by atoms with Crippen molar-refractivity contribution in [3.63, 3.8) is 0 Å². The molecule has 5 nitrogen and oxygen atoms in total. The summed E-state index contributed by atoms with van der Waals surface area (Å²) in [5.74, 6) is 2.45. The molecule has 4 atom stereocenters. The van der Waals surface area contributed by atoms with E-state index in [1.54, 1.807) is 12.1 Å². The van der Waals surface area contributed by atoms with Crippen LogP contribution < -0.4 is 10.0 Å². The highest BCUT2D eigenvalue weighted by Crippen LogP contribution is 2.49. The molecule has 0 spiro atoms. The van der Waals surface area contributed by atoms with E-state index in [0.717, 1.165) is 30.2 Å². The van der Waals surface area contributed by atoms with Gasteiger partial charge in [0, 0.05) is 18.5 Å². The van der Waals surface area contributed by atoms with Gasteiger partial charge in [-0.25, -0.2) is 13.1 Å². The molecule has 3 aliphatic rings. The Morgan fingerprint density at radius 1 is 1.11 bits per heavy atom. The lowest BCUT2D eigenvalue weighted by Crippen LogP contribution is -2.40. The molecule has 0 aromatic heterocycles. The summed E-state index contributed by atoms with van der Waals surface area (Å²) in [4.78, 5) is 12.6. The maximum Gasteiger partial charge on any atom is 0.240 e. The second kappa shape index (κ2) is 7.55. The number of carbonyl (C=O) groups is 1. The van der Waals surface area contributed by atoms with Crippen molar-refractivity contribution in [1.29, 1.82) is 0 Å². The first-order chi connectivity index (χ1) is 12.9. The Hall–Kier alpha value is -1.40. The van der Waals surface area contributed by atoms with Gasteiger partial charge >= 0.3 is 0 Å². The number of carbonyl (C=O) groups excluding carboxylic acids is 1. The Morgan fingerprint density at radius 2 is 1.85 bits per heavy atom. The number of rotatable bonds is 8. The predicted molar refractivity (Wildman–Crippen MR) is 105 cm³/mol. The first kappa shape index (κ1) is 18.9. The molecule has 0 saturated heterocycles. The molecule has 4 unspecified atom stereocenters. The molecule has 3 saturated carbocycles. The van der Waals surface area contributed by atoms with Crippen molar-refractivity contribution in [3.8, 4) is 0 Å². The quantitative estimate of drug-likeness (QED) is 0.716. The number of hydrogen-bond donors (Lipinski definition) is 2. The van der Waals surface area contributed by atoms with Gasteiger partial charge in [0.05, 0.1) is 4.90 Å². The van der Waals surface area contributed by atoms with Crippen LogP contribution >= 0.6 is 0 Å². The van der Waals surface area contributed by atoms with Crippen molar-refractivity contribution in [2.45, 2.75) is 75.3 Å². The molecule has 27 heavy (non-hydrogen) atoms. The van der Waals surface area contributed by atoms with Crippen LogP contribution in [0.15, 0.2) is 29.2 Å². The summed E-state index contributed by atoms with van der Waals surface area (Å²) in [6.45, 7) is 2.15. The summed E-state index contributed by atoms with van der Waals surface area (Å²) < 4.78 is 27.1. The maximum absolute atomic E-state index is 12.3. The Kier molecular flexibility index (Phi) is 5.30. The summed E-state index contributed by atoms with van der Waals surface area (Å²) in [5.41, 5.74) is 0.989. The Labute approximate surface area is 162 Å². The Morgan fingerprint density at radius 3 is 2.44 bits per heavy atom. The van der Waals surface area contributed by atoms with Crippen LogP contribution in [0.1, 0.15) is 57.4 Å². The van der Waals surface area contributed by atoms with Crippen molar-refractivity contribution in [2.24, 2.45) is 17.8 Å². The molecule has 0 aliphatic heterocycles. The lowest BCUT2D eigenvalue weighted by atomic mass is 9.84. The largest absolute Gasteiger partial charge is 0.353 e. The third-order valence-corrected chi connectivity index (χ3v) is 8.13. The summed E-state index contributed by atoms with van der Waals surface area (Å²) >= 11 is 0. The standard InChI is InChI=1S/C21H30N2O3S/c1-14(20-13-16-2-6-17(20)12-16)22-21(24)11-5-15-3-9-19(10-4-15)27(25,26)23-18-7-8-18/h3-4,9-10,14,16-18,20,23H,2,5-8,11-13H2,1H3,(H,22,24). The van der Waals surface area contributed by atoms with Crippen molar-refractivity contribution in [3.05, 3.63) is 29.8 Å². The van der Waals surface area contributed by atoms with Gasteiger partial charge in [0.25, 0.3) is 0 Å². The monoisotopic (exact) mass is 390 g/mol. The van der Waals surface area contributed by atoms with E-state index in [2.05, 4.69) is 17.0 Å². The van der Waals surface area contributed by atoms with Crippen LogP contribution in [0.25, 0.3) is 0 Å². The molecule has 4 rings (SSSR count). The topological polar surface area (TPSA) is 75.3 Å². The molecule has 148 valence electrons. The average molecular weight is 391 g/mol. The number of fused-ring (bicyclic) bond motifs is 2. The van der Waals surface area contributed by atoms with Gasteiger partial charge in [0.15, 0.2) is 0 Å². The summed E-state index contributed by atoms with van der Waals surface area (Å²) in [6, 6.07) is 7.26. The molecule has 1 aromatic rings. The molecule has 3 aliphatic carbocycles. The van der Waals surface area contributed by atoms with Gasteiger partial charge in [-0.05, 0) is 80.9 Å². The summed E-state index contributed by atoms with van der Waals surface area (Å²) in [5, 5.41) is 3.20. The molecule has 2 bridgehead atoms. The zero-order valence-corrected chi connectivity index (χ0v) is 16.8. The molecule has 1 aromatic carbocycles. The van der Waals surface area contributed by atoms with Crippen molar-refractivity contribution in [1.82, 2.24) is 10.0 Å². The van der Waals surface area contributed by atoms with E-state index in [1.807, 2.05) is 12.1 Å². The van der Waals surface area contributed by atoms with Crippen LogP contribution in [0.3, 0.4) is 0 Å². The fourth-order valence-electron chi connectivity index (χ4n) is 4.92. The highest BCUT2D eigenvalue weighted by atomic mass is 32.2. The van der Waals surface area contributed by atoms with Crippen LogP contribution in [0.4, 0.5) is 0 Å². The van der Waals surface area contributed by atoms with E-state index in [-0.39, 0.29) is 18.0 Å². The summed E-state index contributed by atoms with van der Waals surface area (Å²) in [6.07, 6.45) is 8.26. The van der Waals surface area contributed by atoms with E-state index >= 15 is 0 Å². The Bertz CT molecular complexity index is 786. The molecule has 3 fully saturated rings. The van der Waals surface area contributed by atoms with Gasteiger partial charge < -0.3 is 5.32 Å². The number of amides is 1. The highest BCUT2D eigenvalue weighted by molar-refractivity contribution is 7.89. The zero-order chi connectivity index (χ0) is 19.0. The number of benzene rings is 1. The number of hydrogen-bond acceptors (Lipinski definition) is 3. The van der Waals surface area contributed by atoms with E-state index in [0.29, 0.717) is 23.7 Å². The van der Waals surface area contributed by atoms with Crippen LogP contribution in [-0.2, 0) is 21.2 Å². The minimum Gasteiger partial charge on any atom is -0.353 e. The van der Waals surface area contributed by atoms with Gasteiger partial charge in [0.2, 0.25) is 15.9 Å². The second-order valence-corrected chi connectivity index (χ2v) is 10.4. The normalized spacial score (nSPS) is 28.3. The zero-order valence-electron chi connectivity index (χ0n) is 16.0. The molecule has 0 heterocycles. The first-order valence-electron chi connectivity index (χ1n) is 10.3. The fraction of sp³-hybridized carbons (Fsp3) is 0.667. The number of sulfonamides is 1. The number of nitrogens with one attached hydrogen (secondary N) is 2. The molecule has 0 radical (unpaired) electrons. The lowest BCUT2D eigenvalue weighted by molar-refractivity contribution is -0.122. The van der Waals surface area contributed by atoms with Crippen LogP contribution in [0, 0.1) is 17.8 Å². The third-order valence-electron chi connectivity index (χ3n) is 6.60. The number of aryl methyl sites for hydroxylation is 1. The molecule has 1 amide bonds. The van der Waals surface area contributed by atoms with Crippen molar-refractivity contribution in [2.75, 3.05) is 0 Å². The van der Waals surface area contributed by atoms with Gasteiger partial charge in [-0.2, -0.15) is 0 Å². The van der Waals surface area contributed by atoms with Crippen molar-refractivity contribution >= 4 is 15.9 Å². The van der Waals surface area contributed by atoms with Crippen LogP contribution in [-0.4, -0.2) is 26.4 Å². The predicted octanol–water partition coefficient (Wildman–Crippen LogP) is 3.00. The van der Waals surface area contributed by atoms with E-state index in [4.69, 9.17) is 0 Å². The molecular formula is C21H30N2O3S. The minimum absolute atomic E-state index is 0.0948. The third kappa shape index (κ3) is 4.54. The first-order valence-corrected chi connectivity index (χ1v) is 11.8. The maximum atomic E-state index is 12.3. The summed E-state index contributed by atoms with van der Waals surface area (Å²) in [7, 11) is -3.40. The SMILES string of the molecule is CC(NC(=O)CCc1ccc(S(=O)(=O)NC2CC2)cc1)C1CC2CCC1C2. The smallest absolute Gasteiger partial charge is 0.240 e. The minimum atomic E-state index is -3.40. The van der Waals surface area contributed by atoms with Gasteiger partial charge in [-0.3, -0.25) is 4.79 Å². The fourth-order valence-corrected chi connectivity index (χ4v) is 6.23. The molecule has 6 heteroatoms. The van der Waals surface area contributed by atoms with Gasteiger partial charge in [-0.15, -0.1) is 0 Å². The van der Waals surface area contributed by atoms with E-state index in [9.17, 15) is 13.2 Å². The van der Waals surface area contributed by atoms with Gasteiger partial charge in [0.1, 0.15) is 0 Å². The van der Waals surface area contributed by atoms with Crippen LogP contribution in [0.2, 0.25) is 0 Å². The van der Waals surface area contributed by atoms with Crippen LogP contribution in [0.5, 0.6) is 0 Å². The van der Waals surface area contributed by atoms with Gasteiger partial charge in [-0.1, -0.05) is 18.6 Å². The van der Waals surface area contributed by atoms with E-state index in [1.165, 1.54) is 25.7 Å².